The second kappa shape index (κ2) is 8.56. The Kier molecular flexibility index (Phi) is 6.19. The second-order valence-electron chi connectivity index (χ2n) is 7.08. The molecule has 2 heterocycles. The van der Waals surface area contributed by atoms with Gasteiger partial charge in [0.05, 0.1) is 25.4 Å². The smallest absolute Gasteiger partial charge is 0.191 e. The van der Waals surface area contributed by atoms with Gasteiger partial charge in [0.25, 0.3) is 0 Å². The molecule has 0 saturated carbocycles. The summed E-state index contributed by atoms with van der Waals surface area (Å²) in [6.07, 6.45) is 5.35. The molecule has 2 bridgehead atoms. The van der Waals surface area contributed by atoms with Crippen molar-refractivity contribution in [2.45, 2.75) is 63.7 Å². The van der Waals surface area contributed by atoms with Crippen LogP contribution < -0.4 is 15.4 Å². The SMILES string of the molecule is CCNC(=NCCC(C)c1ccc(OC)cc1)NC1CC2CCC1O2. The number of aliphatic imine (C=N–C) groups is 1. The van der Waals surface area contributed by atoms with Crippen molar-refractivity contribution in [2.75, 3.05) is 20.2 Å². The number of rotatable bonds is 7. The summed E-state index contributed by atoms with van der Waals surface area (Å²) in [6, 6.07) is 8.74. The first-order chi connectivity index (χ1) is 12.2. The molecule has 25 heavy (non-hydrogen) atoms. The van der Waals surface area contributed by atoms with Crippen LogP contribution in [-0.4, -0.2) is 44.4 Å². The molecule has 2 saturated heterocycles. The quantitative estimate of drug-likeness (QED) is 0.589. The lowest BCUT2D eigenvalue weighted by atomic mass is 9.96. The van der Waals surface area contributed by atoms with E-state index in [-0.39, 0.29) is 0 Å². The molecule has 0 aliphatic carbocycles. The summed E-state index contributed by atoms with van der Waals surface area (Å²) in [6.45, 7) is 6.04. The van der Waals surface area contributed by atoms with E-state index in [4.69, 9.17) is 14.5 Å². The van der Waals surface area contributed by atoms with Gasteiger partial charge in [0.15, 0.2) is 5.96 Å². The normalized spacial score (nSPS) is 26.5. The molecule has 2 aliphatic heterocycles. The number of fused-ring (bicyclic) bond motifs is 2. The molecule has 0 amide bonds. The van der Waals surface area contributed by atoms with E-state index in [1.807, 2.05) is 12.1 Å². The number of ether oxygens (including phenoxy) is 2. The summed E-state index contributed by atoms with van der Waals surface area (Å²) in [5.41, 5.74) is 1.33. The minimum Gasteiger partial charge on any atom is -0.497 e. The van der Waals surface area contributed by atoms with Crippen LogP contribution in [0, 0.1) is 0 Å². The van der Waals surface area contributed by atoms with Crippen LogP contribution in [0.2, 0.25) is 0 Å². The Morgan fingerprint density at radius 2 is 2.12 bits per heavy atom. The first kappa shape index (κ1) is 18.1. The molecule has 3 rings (SSSR count). The van der Waals surface area contributed by atoms with E-state index in [2.05, 4.69) is 36.6 Å². The van der Waals surface area contributed by atoms with Gasteiger partial charge < -0.3 is 20.1 Å². The molecular formula is C20H31N3O2. The van der Waals surface area contributed by atoms with Crippen LogP contribution >= 0.6 is 0 Å². The van der Waals surface area contributed by atoms with Crippen LogP contribution in [0.3, 0.4) is 0 Å². The lowest BCUT2D eigenvalue weighted by Crippen LogP contribution is -2.47. The average molecular weight is 345 g/mol. The number of nitrogens with zero attached hydrogens (tertiary/aromatic N) is 1. The van der Waals surface area contributed by atoms with Crippen LogP contribution in [0.25, 0.3) is 0 Å². The highest BCUT2D eigenvalue weighted by Crippen LogP contribution is 2.34. The second-order valence-corrected chi connectivity index (χ2v) is 7.08. The molecule has 4 unspecified atom stereocenters. The average Bonchev–Trinajstić information content (AvgIpc) is 3.25. The van der Waals surface area contributed by atoms with Gasteiger partial charge in [0.1, 0.15) is 5.75 Å². The number of methoxy groups -OCH3 is 1. The highest BCUT2D eigenvalue weighted by molar-refractivity contribution is 5.80. The van der Waals surface area contributed by atoms with Crippen LogP contribution in [-0.2, 0) is 4.74 Å². The molecule has 0 spiro atoms. The van der Waals surface area contributed by atoms with Crippen molar-refractivity contribution >= 4 is 5.96 Å². The largest absolute Gasteiger partial charge is 0.497 e. The van der Waals surface area contributed by atoms with Gasteiger partial charge in [-0.1, -0.05) is 19.1 Å². The third-order valence-corrected chi connectivity index (χ3v) is 5.29. The Morgan fingerprint density at radius 1 is 1.32 bits per heavy atom. The van der Waals surface area contributed by atoms with Crippen molar-refractivity contribution < 1.29 is 9.47 Å². The molecule has 0 radical (unpaired) electrons. The first-order valence-corrected chi connectivity index (χ1v) is 9.53. The van der Waals surface area contributed by atoms with Crippen LogP contribution in [0.15, 0.2) is 29.3 Å². The van der Waals surface area contributed by atoms with E-state index < -0.39 is 0 Å². The van der Waals surface area contributed by atoms with Gasteiger partial charge in [-0.2, -0.15) is 0 Å². The third kappa shape index (κ3) is 4.66. The summed E-state index contributed by atoms with van der Waals surface area (Å²) < 4.78 is 11.2. The zero-order valence-corrected chi connectivity index (χ0v) is 15.6. The molecule has 2 N–H and O–H groups in total. The fraction of sp³-hybridized carbons (Fsp3) is 0.650. The van der Waals surface area contributed by atoms with Crippen molar-refractivity contribution in [1.29, 1.82) is 0 Å². The van der Waals surface area contributed by atoms with Crippen LogP contribution in [0.4, 0.5) is 0 Å². The molecular weight excluding hydrogens is 314 g/mol. The first-order valence-electron chi connectivity index (χ1n) is 9.53. The van der Waals surface area contributed by atoms with E-state index in [1.165, 1.54) is 18.4 Å². The Balaban J connectivity index is 1.50. The molecule has 1 aromatic rings. The van der Waals surface area contributed by atoms with Crippen LogP contribution in [0.1, 0.15) is 51.0 Å². The highest BCUT2D eigenvalue weighted by atomic mass is 16.5. The Bertz CT molecular complexity index is 573. The van der Waals surface area contributed by atoms with E-state index in [9.17, 15) is 0 Å². The van der Waals surface area contributed by atoms with Gasteiger partial charge in [-0.25, -0.2) is 0 Å². The maximum atomic E-state index is 5.93. The summed E-state index contributed by atoms with van der Waals surface area (Å²) in [7, 11) is 1.70. The monoisotopic (exact) mass is 345 g/mol. The van der Waals surface area contributed by atoms with Gasteiger partial charge in [-0.3, -0.25) is 4.99 Å². The Morgan fingerprint density at radius 3 is 2.72 bits per heavy atom. The van der Waals surface area contributed by atoms with Gasteiger partial charge in [-0.15, -0.1) is 0 Å². The zero-order chi connectivity index (χ0) is 17.6. The molecule has 5 nitrogen and oxygen atoms in total. The summed E-state index contributed by atoms with van der Waals surface area (Å²) in [5, 5.41) is 6.94. The molecule has 4 atom stereocenters. The predicted molar refractivity (Wildman–Crippen MR) is 101 cm³/mol. The number of nitrogens with one attached hydrogen (secondary N) is 2. The van der Waals surface area contributed by atoms with Crippen molar-refractivity contribution in [2.24, 2.45) is 4.99 Å². The lowest BCUT2D eigenvalue weighted by Gasteiger charge is -2.22. The van der Waals surface area contributed by atoms with E-state index in [1.54, 1.807) is 7.11 Å². The Labute approximate surface area is 151 Å². The standard InChI is InChI=1S/C20H31N3O2/c1-4-21-20(23-18-13-17-9-10-19(18)25-17)22-12-11-14(2)15-5-7-16(24-3)8-6-15/h5-8,14,17-19H,4,9-13H2,1-3H3,(H2,21,22,23). The summed E-state index contributed by atoms with van der Waals surface area (Å²) >= 11 is 0. The summed E-state index contributed by atoms with van der Waals surface area (Å²) in [5.74, 6) is 2.30. The predicted octanol–water partition coefficient (Wildman–Crippen LogP) is 3.06. The highest BCUT2D eigenvalue weighted by Gasteiger charge is 2.41. The molecule has 2 fully saturated rings. The van der Waals surface area contributed by atoms with Gasteiger partial charge in [0.2, 0.25) is 0 Å². The molecule has 0 aromatic heterocycles. The Hall–Kier alpha value is -1.75. The number of guanidine groups is 1. The fourth-order valence-electron chi connectivity index (χ4n) is 3.75. The zero-order valence-electron chi connectivity index (χ0n) is 15.6. The third-order valence-electron chi connectivity index (χ3n) is 5.29. The number of hydrogen-bond acceptors (Lipinski definition) is 3. The minimum absolute atomic E-state index is 0.368. The minimum atomic E-state index is 0.368. The fourth-order valence-corrected chi connectivity index (χ4v) is 3.75. The van der Waals surface area contributed by atoms with Gasteiger partial charge in [0, 0.05) is 13.1 Å². The summed E-state index contributed by atoms with van der Waals surface area (Å²) in [4.78, 5) is 4.77. The lowest BCUT2D eigenvalue weighted by molar-refractivity contribution is 0.0992. The number of benzene rings is 1. The van der Waals surface area contributed by atoms with Crippen molar-refractivity contribution in [3.05, 3.63) is 29.8 Å². The molecule has 2 aliphatic rings. The van der Waals surface area contributed by atoms with Crippen molar-refractivity contribution in [3.63, 3.8) is 0 Å². The van der Waals surface area contributed by atoms with Crippen LogP contribution in [0.5, 0.6) is 5.75 Å². The van der Waals surface area contributed by atoms with E-state index in [0.717, 1.165) is 37.6 Å². The topological polar surface area (TPSA) is 54.9 Å². The van der Waals surface area contributed by atoms with E-state index >= 15 is 0 Å². The van der Waals surface area contributed by atoms with Crippen molar-refractivity contribution in [1.82, 2.24) is 10.6 Å². The van der Waals surface area contributed by atoms with Gasteiger partial charge in [-0.05, 0) is 56.2 Å². The number of hydrogen-bond donors (Lipinski definition) is 2. The molecule has 5 heteroatoms. The maximum Gasteiger partial charge on any atom is 0.191 e. The van der Waals surface area contributed by atoms with Gasteiger partial charge >= 0.3 is 0 Å². The van der Waals surface area contributed by atoms with E-state index in [0.29, 0.717) is 24.2 Å². The molecule has 138 valence electrons. The molecule has 1 aromatic carbocycles. The maximum absolute atomic E-state index is 5.93. The van der Waals surface area contributed by atoms with Crippen molar-refractivity contribution in [3.8, 4) is 5.75 Å².